The van der Waals surface area contributed by atoms with Crippen LogP contribution < -0.4 is 4.90 Å². The fourth-order valence-corrected chi connectivity index (χ4v) is 3.52. The summed E-state index contributed by atoms with van der Waals surface area (Å²) in [5, 5.41) is 0. The van der Waals surface area contributed by atoms with Gasteiger partial charge in [-0.3, -0.25) is 0 Å². The van der Waals surface area contributed by atoms with Crippen LogP contribution in [-0.4, -0.2) is 13.0 Å². The molecule has 3 nitrogen and oxygen atoms in total. The number of anilines is 1. The molecule has 0 amide bonds. The summed E-state index contributed by atoms with van der Waals surface area (Å²) in [6, 6.07) is 25.8. The topological polar surface area (TPSA) is 29.5 Å². The Bertz CT molecular complexity index is 921. The van der Waals surface area contributed by atoms with Crippen LogP contribution in [0.1, 0.15) is 27.0 Å². The van der Waals surface area contributed by atoms with E-state index < -0.39 is 5.72 Å². The summed E-state index contributed by atoms with van der Waals surface area (Å²) < 4.78 is 6.06. The molecule has 0 aliphatic carbocycles. The normalized spacial score (nSPS) is 18.6. The molecular weight excluding hydrogens is 310 g/mol. The van der Waals surface area contributed by atoms with Crippen LogP contribution in [0.25, 0.3) is 0 Å². The number of rotatable bonds is 3. The van der Waals surface area contributed by atoms with Crippen LogP contribution in [0.2, 0.25) is 0 Å². The first-order valence-electron chi connectivity index (χ1n) is 8.32. The Kier molecular flexibility index (Phi) is 3.57. The standard InChI is InChI=1S/C22H19NO2/c1-16-13-14-19-20(15-16)22(25-21(19)24,17-9-5-3-6-10-17)23(2)18-11-7-4-8-12-18/h3-15H,1-2H3. The molecule has 4 rings (SSSR count). The molecule has 3 aromatic rings. The summed E-state index contributed by atoms with van der Waals surface area (Å²) in [4.78, 5) is 14.7. The van der Waals surface area contributed by atoms with Crippen molar-refractivity contribution in [3.05, 3.63) is 101 Å². The predicted molar refractivity (Wildman–Crippen MR) is 98.7 cm³/mol. The summed E-state index contributed by atoms with van der Waals surface area (Å²) in [5.41, 5.74) is 3.54. The van der Waals surface area contributed by atoms with Gasteiger partial charge in [0, 0.05) is 23.9 Å². The molecule has 0 aromatic heterocycles. The van der Waals surface area contributed by atoms with Gasteiger partial charge in [0.15, 0.2) is 0 Å². The molecule has 1 heterocycles. The minimum Gasteiger partial charge on any atom is -0.426 e. The molecule has 1 atom stereocenters. The summed E-state index contributed by atoms with van der Waals surface area (Å²) in [6.07, 6.45) is 0. The Morgan fingerprint density at radius 2 is 1.52 bits per heavy atom. The van der Waals surface area contributed by atoms with Crippen molar-refractivity contribution < 1.29 is 9.53 Å². The molecule has 0 fully saturated rings. The second-order valence-corrected chi connectivity index (χ2v) is 6.34. The van der Waals surface area contributed by atoms with E-state index in [0.717, 1.165) is 22.4 Å². The number of fused-ring (bicyclic) bond motifs is 1. The quantitative estimate of drug-likeness (QED) is 0.663. The second kappa shape index (κ2) is 5.78. The fraction of sp³-hybridized carbons (Fsp3) is 0.136. The highest BCUT2D eigenvalue weighted by Crippen LogP contribution is 2.45. The zero-order valence-electron chi connectivity index (χ0n) is 14.3. The molecule has 1 aliphatic rings. The van der Waals surface area contributed by atoms with Gasteiger partial charge >= 0.3 is 5.97 Å². The number of ether oxygens (including phenoxy) is 1. The number of esters is 1. The Morgan fingerprint density at radius 1 is 0.880 bits per heavy atom. The van der Waals surface area contributed by atoms with E-state index >= 15 is 0 Å². The zero-order valence-corrected chi connectivity index (χ0v) is 14.3. The minimum atomic E-state index is -0.971. The Morgan fingerprint density at radius 3 is 2.20 bits per heavy atom. The van der Waals surface area contributed by atoms with E-state index in [1.807, 2.05) is 97.7 Å². The van der Waals surface area contributed by atoms with Crippen LogP contribution in [0.4, 0.5) is 5.69 Å². The highest BCUT2D eigenvalue weighted by Gasteiger charge is 2.50. The Hall–Kier alpha value is -3.07. The smallest absolute Gasteiger partial charge is 0.341 e. The van der Waals surface area contributed by atoms with Gasteiger partial charge in [-0.2, -0.15) is 0 Å². The van der Waals surface area contributed by atoms with Gasteiger partial charge in [-0.25, -0.2) is 4.79 Å². The fourth-order valence-electron chi connectivity index (χ4n) is 3.52. The first kappa shape index (κ1) is 15.5. The van der Waals surface area contributed by atoms with E-state index in [0.29, 0.717) is 5.56 Å². The van der Waals surface area contributed by atoms with Gasteiger partial charge in [0.05, 0.1) is 5.56 Å². The molecular formula is C22H19NO2. The molecule has 0 saturated carbocycles. The van der Waals surface area contributed by atoms with Gasteiger partial charge in [-0.05, 0) is 31.2 Å². The summed E-state index contributed by atoms with van der Waals surface area (Å²) in [6.45, 7) is 2.03. The van der Waals surface area contributed by atoms with Gasteiger partial charge in [-0.1, -0.05) is 60.2 Å². The lowest BCUT2D eigenvalue weighted by molar-refractivity contribution is 0.0112. The van der Waals surface area contributed by atoms with Crippen LogP contribution in [-0.2, 0) is 10.5 Å². The third-order valence-corrected chi connectivity index (χ3v) is 4.78. The first-order chi connectivity index (χ1) is 12.1. The number of benzene rings is 3. The number of carbonyl (C=O) groups excluding carboxylic acids is 1. The van der Waals surface area contributed by atoms with Crippen molar-refractivity contribution in [2.75, 3.05) is 11.9 Å². The van der Waals surface area contributed by atoms with Crippen LogP contribution in [0.5, 0.6) is 0 Å². The van der Waals surface area contributed by atoms with Crippen molar-refractivity contribution >= 4 is 11.7 Å². The molecule has 0 saturated heterocycles. The Labute approximate surface area is 147 Å². The van der Waals surface area contributed by atoms with Gasteiger partial charge in [-0.15, -0.1) is 0 Å². The third-order valence-electron chi connectivity index (χ3n) is 4.78. The lowest BCUT2D eigenvalue weighted by Gasteiger charge is -2.39. The molecule has 124 valence electrons. The first-order valence-corrected chi connectivity index (χ1v) is 8.32. The molecule has 0 radical (unpaired) electrons. The molecule has 0 bridgehead atoms. The zero-order chi connectivity index (χ0) is 17.4. The van der Waals surface area contributed by atoms with Crippen LogP contribution in [0.3, 0.4) is 0 Å². The lowest BCUT2D eigenvalue weighted by Crippen LogP contribution is -2.45. The molecule has 1 unspecified atom stereocenters. The largest absolute Gasteiger partial charge is 0.426 e. The van der Waals surface area contributed by atoms with Crippen molar-refractivity contribution in [1.29, 1.82) is 0 Å². The maximum atomic E-state index is 12.7. The van der Waals surface area contributed by atoms with Gasteiger partial charge in [0.1, 0.15) is 0 Å². The van der Waals surface area contributed by atoms with Crippen molar-refractivity contribution in [1.82, 2.24) is 0 Å². The molecule has 3 aromatic carbocycles. The molecule has 25 heavy (non-hydrogen) atoms. The third kappa shape index (κ3) is 2.31. The van der Waals surface area contributed by atoms with E-state index in [-0.39, 0.29) is 5.97 Å². The summed E-state index contributed by atoms with van der Waals surface area (Å²) >= 11 is 0. The molecule has 1 aliphatic heterocycles. The van der Waals surface area contributed by atoms with Crippen molar-refractivity contribution in [2.45, 2.75) is 12.6 Å². The number of aryl methyl sites for hydroxylation is 1. The van der Waals surface area contributed by atoms with Crippen LogP contribution >= 0.6 is 0 Å². The van der Waals surface area contributed by atoms with E-state index in [2.05, 4.69) is 0 Å². The monoisotopic (exact) mass is 329 g/mol. The van der Waals surface area contributed by atoms with Crippen molar-refractivity contribution in [3.8, 4) is 0 Å². The van der Waals surface area contributed by atoms with Crippen molar-refractivity contribution in [2.24, 2.45) is 0 Å². The van der Waals surface area contributed by atoms with E-state index in [1.165, 1.54) is 0 Å². The number of hydrogen-bond acceptors (Lipinski definition) is 3. The number of hydrogen-bond donors (Lipinski definition) is 0. The highest BCUT2D eigenvalue weighted by molar-refractivity contribution is 5.96. The minimum absolute atomic E-state index is 0.290. The van der Waals surface area contributed by atoms with Crippen LogP contribution in [0.15, 0.2) is 78.9 Å². The number of para-hydroxylation sites is 1. The molecule has 0 spiro atoms. The molecule has 0 N–H and O–H groups in total. The average molecular weight is 329 g/mol. The van der Waals surface area contributed by atoms with Gasteiger partial charge < -0.3 is 9.64 Å². The maximum Gasteiger partial charge on any atom is 0.341 e. The molecule has 3 heteroatoms. The second-order valence-electron chi connectivity index (χ2n) is 6.34. The number of cyclic esters (lactones) is 1. The van der Waals surface area contributed by atoms with E-state index in [9.17, 15) is 4.79 Å². The van der Waals surface area contributed by atoms with E-state index in [1.54, 1.807) is 0 Å². The Balaban J connectivity index is 2.00. The maximum absolute atomic E-state index is 12.7. The van der Waals surface area contributed by atoms with Crippen LogP contribution in [0, 0.1) is 6.92 Å². The van der Waals surface area contributed by atoms with Gasteiger partial charge in [0.2, 0.25) is 5.72 Å². The van der Waals surface area contributed by atoms with E-state index in [4.69, 9.17) is 4.74 Å². The predicted octanol–water partition coefficient (Wildman–Crippen LogP) is 4.50. The summed E-state index contributed by atoms with van der Waals surface area (Å²) in [7, 11) is 1.97. The van der Waals surface area contributed by atoms with Crippen molar-refractivity contribution in [3.63, 3.8) is 0 Å². The summed E-state index contributed by atoms with van der Waals surface area (Å²) in [5.74, 6) is -0.290. The average Bonchev–Trinajstić information content (AvgIpc) is 2.95. The SMILES string of the molecule is Cc1ccc2c(c1)C(c1ccccc1)(N(C)c1ccccc1)OC2=O. The highest BCUT2D eigenvalue weighted by atomic mass is 16.6. The lowest BCUT2D eigenvalue weighted by atomic mass is 9.90. The van der Waals surface area contributed by atoms with Gasteiger partial charge in [0.25, 0.3) is 0 Å². The number of nitrogens with zero attached hydrogens (tertiary/aromatic N) is 1. The number of carbonyl (C=O) groups is 1.